The summed E-state index contributed by atoms with van der Waals surface area (Å²) in [5.74, 6) is 1.34. The van der Waals surface area contributed by atoms with Crippen molar-refractivity contribution in [1.82, 2.24) is 20.4 Å². The molecule has 1 aromatic heterocycles. The smallest absolute Gasteiger partial charge is 0.223 e. The largest absolute Gasteiger partial charge is 0.374 e. The number of nitrogens with zero attached hydrogens (tertiary/aromatic N) is 3. The van der Waals surface area contributed by atoms with Gasteiger partial charge in [0.05, 0.1) is 19.3 Å². The molecule has 2 rings (SSSR count). The van der Waals surface area contributed by atoms with Gasteiger partial charge in [-0.3, -0.25) is 4.90 Å². The van der Waals surface area contributed by atoms with Crippen LogP contribution in [0.25, 0.3) is 0 Å². The van der Waals surface area contributed by atoms with Crippen molar-refractivity contribution in [2.75, 3.05) is 33.3 Å². The molecule has 0 aliphatic carbocycles. The first-order chi connectivity index (χ1) is 7.74. The Morgan fingerprint density at radius 3 is 3.06 bits per heavy atom. The Balaban J connectivity index is 1.77. The number of nitrogens with one attached hydrogen (secondary N) is 1. The van der Waals surface area contributed by atoms with E-state index < -0.39 is 0 Å². The Morgan fingerprint density at radius 1 is 1.56 bits per heavy atom. The fourth-order valence-corrected chi connectivity index (χ4v) is 1.80. The molecular weight excluding hydrogens is 208 g/mol. The van der Waals surface area contributed by atoms with Crippen LogP contribution in [-0.2, 0) is 11.3 Å². The number of morpholine rings is 1. The van der Waals surface area contributed by atoms with E-state index in [2.05, 4.69) is 20.4 Å². The third kappa shape index (κ3) is 3.26. The van der Waals surface area contributed by atoms with Gasteiger partial charge in [-0.2, -0.15) is 4.98 Å². The number of aromatic nitrogens is 2. The molecule has 0 amide bonds. The normalized spacial score (nSPS) is 21.6. The standard InChI is InChI=1S/C10H18N4O2/c1-8-12-10(13-16-8)7-14(2)6-9-5-11-3-4-15-9/h9,11H,3-7H2,1-2H3. The van der Waals surface area contributed by atoms with Crippen LogP contribution in [0.15, 0.2) is 4.52 Å². The molecule has 0 radical (unpaired) electrons. The third-order valence-electron chi connectivity index (χ3n) is 2.50. The summed E-state index contributed by atoms with van der Waals surface area (Å²) in [5.41, 5.74) is 0. The van der Waals surface area contributed by atoms with Gasteiger partial charge in [-0.05, 0) is 7.05 Å². The molecule has 1 aliphatic rings. The minimum absolute atomic E-state index is 0.256. The van der Waals surface area contributed by atoms with Crippen LogP contribution in [0.5, 0.6) is 0 Å². The molecular formula is C10H18N4O2. The summed E-state index contributed by atoms with van der Waals surface area (Å²) >= 11 is 0. The van der Waals surface area contributed by atoms with Crippen LogP contribution in [0.4, 0.5) is 0 Å². The van der Waals surface area contributed by atoms with Gasteiger partial charge < -0.3 is 14.6 Å². The highest BCUT2D eigenvalue weighted by atomic mass is 16.5. The second-order valence-corrected chi connectivity index (χ2v) is 4.12. The summed E-state index contributed by atoms with van der Waals surface area (Å²) in [5, 5.41) is 7.17. The zero-order valence-electron chi connectivity index (χ0n) is 9.77. The lowest BCUT2D eigenvalue weighted by molar-refractivity contribution is 0.00840. The molecule has 2 heterocycles. The molecule has 1 aromatic rings. The van der Waals surface area contributed by atoms with Crippen LogP contribution < -0.4 is 5.32 Å². The molecule has 1 fully saturated rings. The third-order valence-corrected chi connectivity index (χ3v) is 2.50. The van der Waals surface area contributed by atoms with E-state index in [1.54, 1.807) is 6.92 Å². The summed E-state index contributed by atoms with van der Waals surface area (Å²) in [7, 11) is 2.03. The van der Waals surface area contributed by atoms with E-state index in [4.69, 9.17) is 9.26 Å². The maximum atomic E-state index is 5.62. The Morgan fingerprint density at radius 2 is 2.44 bits per heavy atom. The predicted molar refractivity (Wildman–Crippen MR) is 58.0 cm³/mol. The molecule has 1 N–H and O–H groups in total. The monoisotopic (exact) mass is 226 g/mol. The van der Waals surface area contributed by atoms with Gasteiger partial charge in [-0.1, -0.05) is 5.16 Å². The van der Waals surface area contributed by atoms with Gasteiger partial charge in [-0.25, -0.2) is 0 Å². The van der Waals surface area contributed by atoms with Crippen LogP contribution in [0, 0.1) is 6.92 Å². The zero-order valence-corrected chi connectivity index (χ0v) is 9.77. The van der Waals surface area contributed by atoms with Crippen LogP contribution in [0.1, 0.15) is 11.7 Å². The summed E-state index contributed by atoms with van der Waals surface area (Å²) < 4.78 is 10.5. The maximum absolute atomic E-state index is 5.62. The van der Waals surface area contributed by atoms with Crippen molar-refractivity contribution in [3.63, 3.8) is 0 Å². The zero-order chi connectivity index (χ0) is 11.4. The first kappa shape index (κ1) is 11.5. The SMILES string of the molecule is Cc1nc(CN(C)CC2CNCCO2)no1. The van der Waals surface area contributed by atoms with E-state index in [1.165, 1.54) is 0 Å². The molecule has 0 spiro atoms. The van der Waals surface area contributed by atoms with Crippen LogP contribution in [0.2, 0.25) is 0 Å². The number of ether oxygens (including phenoxy) is 1. The molecule has 0 saturated carbocycles. The number of likely N-dealkylation sites (N-methyl/N-ethyl adjacent to an activating group) is 1. The highest BCUT2D eigenvalue weighted by Crippen LogP contribution is 2.03. The number of rotatable bonds is 4. The molecule has 1 unspecified atom stereocenters. The van der Waals surface area contributed by atoms with Crippen LogP contribution in [0.3, 0.4) is 0 Å². The van der Waals surface area contributed by atoms with Crippen molar-refractivity contribution in [3.8, 4) is 0 Å². The van der Waals surface area contributed by atoms with Gasteiger partial charge in [0, 0.05) is 26.6 Å². The molecule has 6 nitrogen and oxygen atoms in total. The molecule has 0 aromatic carbocycles. The fourth-order valence-electron chi connectivity index (χ4n) is 1.80. The average molecular weight is 226 g/mol. The molecule has 0 bridgehead atoms. The van der Waals surface area contributed by atoms with E-state index in [0.717, 1.165) is 32.1 Å². The lowest BCUT2D eigenvalue weighted by atomic mass is 10.3. The molecule has 1 saturated heterocycles. The molecule has 16 heavy (non-hydrogen) atoms. The second kappa shape index (κ2) is 5.38. The van der Waals surface area contributed by atoms with E-state index in [-0.39, 0.29) is 6.10 Å². The van der Waals surface area contributed by atoms with Crippen molar-refractivity contribution in [1.29, 1.82) is 0 Å². The summed E-state index contributed by atoms with van der Waals surface area (Å²) in [6, 6.07) is 0. The summed E-state index contributed by atoms with van der Waals surface area (Å²) in [6.07, 6.45) is 0.256. The Kier molecular flexibility index (Phi) is 3.87. The van der Waals surface area contributed by atoms with Gasteiger partial charge in [0.25, 0.3) is 0 Å². The topological polar surface area (TPSA) is 63.4 Å². The summed E-state index contributed by atoms with van der Waals surface area (Å²) in [6.45, 7) is 6.02. The molecule has 90 valence electrons. The second-order valence-electron chi connectivity index (χ2n) is 4.12. The van der Waals surface area contributed by atoms with Crippen molar-refractivity contribution in [3.05, 3.63) is 11.7 Å². The average Bonchev–Trinajstić information content (AvgIpc) is 2.65. The molecule has 1 aliphatic heterocycles. The highest BCUT2D eigenvalue weighted by Gasteiger charge is 2.16. The van der Waals surface area contributed by atoms with Crippen molar-refractivity contribution in [2.24, 2.45) is 0 Å². The van der Waals surface area contributed by atoms with Gasteiger partial charge in [-0.15, -0.1) is 0 Å². The number of hydrogen-bond donors (Lipinski definition) is 1. The molecule has 6 heteroatoms. The van der Waals surface area contributed by atoms with Crippen LogP contribution in [-0.4, -0.2) is 54.4 Å². The van der Waals surface area contributed by atoms with Crippen molar-refractivity contribution >= 4 is 0 Å². The van der Waals surface area contributed by atoms with Gasteiger partial charge in [0.2, 0.25) is 5.89 Å². The van der Waals surface area contributed by atoms with Gasteiger partial charge >= 0.3 is 0 Å². The Hall–Kier alpha value is -0.980. The van der Waals surface area contributed by atoms with Crippen LogP contribution >= 0.6 is 0 Å². The van der Waals surface area contributed by atoms with Gasteiger partial charge in [0.1, 0.15) is 0 Å². The van der Waals surface area contributed by atoms with E-state index in [1.807, 2.05) is 7.05 Å². The quantitative estimate of drug-likeness (QED) is 0.767. The van der Waals surface area contributed by atoms with E-state index in [9.17, 15) is 0 Å². The van der Waals surface area contributed by atoms with Gasteiger partial charge in [0.15, 0.2) is 5.82 Å². The lowest BCUT2D eigenvalue weighted by Crippen LogP contribution is -2.44. The summed E-state index contributed by atoms with van der Waals surface area (Å²) in [4.78, 5) is 6.31. The minimum atomic E-state index is 0.256. The lowest BCUT2D eigenvalue weighted by Gasteiger charge is -2.27. The fraction of sp³-hybridized carbons (Fsp3) is 0.800. The molecule has 1 atom stereocenters. The first-order valence-electron chi connectivity index (χ1n) is 5.54. The van der Waals surface area contributed by atoms with E-state index in [0.29, 0.717) is 12.4 Å². The number of hydrogen-bond acceptors (Lipinski definition) is 6. The Labute approximate surface area is 95.0 Å². The predicted octanol–water partition coefficient (Wildman–Crippen LogP) is -0.202. The first-order valence-corrected chi connectivity index (χ1v) is 5.54. The van der Waals surface area contributed by atoms with E-state index >= 15 is 0 Å². The van der Waals surface area contributed by atoms with Crippen molar-refractivity contribution < 1.29 is 9.26 Å². The maximum Gasteiger partial charge on any atom is 0.223 e. The Bertz CT molecular complexity index is 322. The van der Waals surface area contributed by atoms with Crippen molar-refractivity contribution in [2.45, 2.75) is 19.6 Å². The highest BCUT2D eigenvalue weighted by molar-refractivity contribution is 4.84. The number of aryl methyl sites for hydroxylation is 1. The minimum Gasteiger partial charge on any atom is -0.374 e.